The van der Waals surface area contributed by atoms with E-state index in [9.17, 15) is 0 Å². The summed E-state index contributed by atoms with van der Waals surface area (Å²) >= 11 is 1.84. The lowest BCUT2D eigenvalue weighted by atomic mass is 10.1. The highest BCUT2D eigenvalue weighted by Crippen LogP contribution is 2.25. The molecule has 0 bridgehead atoms. The molecular formula is C15H25NO2S. The first-order chi connectivity index (χ1) is 9.31. The molecule has 4 heteroatoms. The van der Waals surface area contributed by atoms with Gasteiger partial charge in [-0.3, -0.25) is 0 Å². The summed E-state index contributed by atoms with van der Waals surface area (Å²) in [4.78, 5) is 0. The molecule has 0 atom stereocenters. The molecule has 1 aromatic carbocycles. The minimum Gasteiger partial charge on any atom is -0.493 e. The van der Waals surface area contributed by atoms with Crippen LogP contribution in [0.2, 0.25) is 0 Å². The van der Waals surface area contributed by atoms with E-state index in [0.717, 1.165) is 55.3 Å². The second kappa shape index (κ2) is 9.98. The molecule has 1 rings (SSSR count). The minimum atomic E-state index is 0.635. The highest BCUT2D eigenvalue weighted by molar-refractivity contribution is 7.98. The van der Waals surface area contributed by atoms with E-state index in [1.54, 1.807) is 0 Å². The summed E-state index contributed by atoms with van der Waals surface area (Å²) in [6.07, 6.45) is 5.02. The Bertz CT molecular complexity index is 358. The quantitative estimate of drug-likeness (QED) is 0.670. The van der Waals surface area contributed by atoms with Gasteiger partial charge in [0.2, 0.25) is 0 Å². The minimum absolute atomic E-state index is 0.635. The Morgan fingerprint density at radius 3 is 2.74 bits per heavy atom. The Hall–Kier alpha value is -0.870. The lowest BCUT2D eigenvalue weighted by Crippen LogP contribution is -2.07. The summed E-state index contributed by atoms with van der Waals surface area (Å²) in [5, 5.41) is 0. The standard InChI is InChI=1S/C15H25NO2S/c1-3-9-17-14-6-5-13(7-8-16)15(12-14)18-10-4-11-19-2/h5-6,12H,3-4,7-11,16H2,1-2H3. The van der Waals surface area contributed by atoms with E-state index in [1.807, 2.05) is 23.9 Å². The molecule has 0 radical (unpaired) electrons. The highest BCUT2D eigenvalue weighted by atomic mass is 32.2. The van der Waals surface area contributed by atoms with Crippen molar-refractivity contribution in [2.75, 3.05) is 31.8 Å². The zero-order chi connectivity index (χ0) is 13.9. The molecule has 0 saturated heterocycles. The molecule has 0 fully saturated rings. The number of hydrogen-bond acceptors (Lipinski definition) is 4. The van der Waals surface area contributed by atoms with Gasteiger partial charge in [-0.1, -0.05) is 13.0 Å². The number of hydrogen-bond donors (Lipinski definition) is 1. The zero-order valence-electron chi connectivity index (χ0n) is 12.0. The van der Waals surface area contributed by atoms with Crippen molar-refractivity contribution in [2.24, 2.45) is 5.73 Å². The van der Waals surface area contributed by atoms with Crippen LogP contribution in [-0.2, 0) is 6.42 Å². The molecule has 0 heterocycles. The second-order valence-electron chi connectivity index (χ2n) is 4.35. The molecular weight excluding hydrogens is 258 g/mol. The van der Waals surface area contributed by atoms with Crippen LogP contribution in [-0.4, -0.2) is 31.8 Å². The van der Waals surface area contributed by atoms with Crippen molar-refractivity contribution < 1.29 is 9.47 Å². The van der Waals surface area contributed by atoms with Crippen LogP contribution in [0, 0.1) is 0 Å². The van der Waals surface area contributed by atoms with Crippen molar-refractivity contribution in [2.45, 2.75) is 26.2 Å². The van der Waals surface area contributed by atoms with Crippen molar-refractivity contribution in [1.82, 2.24) is 0 Å². The molecule has 0 saturated carbocycles. The van der Waals surface area contributed by atoms with E-state index in [4.69, 9.17) is 15.2 Å². The topological polar surface area (TPSA) is 44.5 Å². The maximum absolute atomic E-state index is 5.86. The van der Waals surface area contributed by atoms with Gasteiger partial charge in [-0.05, 0) is 49.4 Å². The van der Waals surface area contributed by atoms with Crippen LogP contribution in [0.15, 0.2) is 18.2 Å². The fourth-order valence-electron chi connectivity index (χ4n) is 1.73. The Labute approximate surface area is 120 Å². The number of rotatable bonds is 10. The molecule has 2 N–H and O–H groups in total. The first-order valence-electron chi connectivity index (χ1n) is 6.89. The van der Waals surface area contributed by atoms with Gasteiger partial charge < -0.3 is 15.2 Å². The van der Waals surface area contributed by atoms with Crippen molar-refractivity contribution >= 4 is 11.8 Å². The Balaban J connectivity index is 2.65. The molecule has 0 spiro atoms. The summed E-state index contributed by atoms with van der Waals surface area (Å²) in [5.41, 5.74) is 6.80. The normalized spacial score (nSPS) is 10.5. The SMILES string of the molecule is CCCOc1ccc(CCN)c(OCCCSC)c1. The maximum Gasteiger partial charge on any atom is 0.126 e. The van der Waals surface area contributed by atoms with E-state index in [0.29, 0.717) is 6.54 Å². The van der Waals surface area contributed by atoms with Gasteiger partial charge in [0.1, 0.15) is 11.5 Å². The summed E-state index contributed by atoms with van der Waals surface area (Å²) in [5.74, 6) is 2.92. The van der Waals surface area contributed by atoms with Gasteiger partial charge in [0.25, 0.3) is 0 Å². The van der Waals surface area contributed by atoms with E-state index in [1.165, 1.54) is 0 Å². The monoisotopic (exact) mass is 283 g/mol. The van der Waals surface area contributed by atoms with Gasteiger partial charge in [0.05, 0.1) is 13.2 Å². The van der Waals surface area contributed by atoms with Crippen LogP contribution >= 0.6 is 11.8 Å². The molecule has 19 heavy (non-hydrogen) atoms. The van der Waals surface area contributed by atoms with Gasteiger partial charge in [-0.2, -0.15) is 11.8 Å². The largest absolute Gasteiger partial charge is 0.493 e. The van der Waals surface area contributed by atoms with Crippen LogP contribution in [0.5, 0.6) is 11.5 Å². The Morgan fingerprint density at radius 2 is 2.05 bits per heavy atom. The van der Waals surface area contributed by atoms with Crippen molar-refractivity contribution in [1.29, 1.82) is 0 Å². The first-order valence-corrected chi connectivity index (χ1v) is 8.28. The van der Waals surface area contributed by atoms with Crippen molar-refractivity contribution in [3.63, 3.8) is 0 Å². The summed E-state index contributed by atoms with van der Waals surface area (Å²) < 4.78 is 11.5. The van der Waals surface area contributed by atoms with Crippen LogP contribution in [0.1, 0.15) is 25.3 Å². The zero-order valence-corrected chi connectivity index (χ0v) is 12.8. The smallest absolute Gasteiger partial charge is 0.126 e. The van der Waals surface area contributed by atoms with E-state index in [2.05, 4.69) is 19.2 Å². The Morgan fingerprint density at radius 1 is 1.21 bits per heavy atom. The molecule has 0 unspecified atom stereocenters. The van der Waals surface area contributed by atoms with E-state index in [-0.39, 0.29) is 0 Å². The highest BCUT2D eigenvalue weighted by Gasteiger charge is 2.06. The third-order valence-corrected chi connectivity index (χ3v) is 3.37. The molecule has 0 aliphatic rings. The van der Waals surface area contributed by atoms with Crippen LogP contribution in [0.3, 0.4) is 0 Å². The van der Waals surface area contributed by atoms with E-state index < -0.39 is 0 Å². The molecule has 0 amide bonds. The number of ether oxygens (including phenoxy) is 2. The molecule has 0 aliphatic heterocycles. The van der Waals surface area contributed by atoms with Crippen molar-refractivity contribution in [3.05, 3.63) is 23.8 Å². The van der Waals surface area contributed by atoms with Gasteiger partial charge >= 0.3 is 0 Å². The second-order valence-corrected chi connectivity index (χ2v) is 5.34. The van der Waals surface area contributed by atoms with Crippen LogP contribution < -0.4 is 15.2 Å². The van der Waals surface area contributed by atoms with Crippen LogP contribution in [0.25, 0.3) is 0 Å². The van der Waals surface area contributed by atoms with E-state index >= 15 is 0 Å². The molecule has 0 aromatic heterocycles. The Kier molecular flexibility index (Phi) is 8.50. The van der Waals surface area contributed by atoms with Gasteiger partial charge in [-0.25, -0.2) is 0 Å². The molecule has 108 valence electrons. The van der Waals surface area contributed by atoms with Crippen molar-refractivity contribution in [3.8, 4) is 11.5 Å². The predicted molar refractivity (Wildman–Crippen MR) is 83.5 cm³/mol. The third kappa shape index (κ3) is 6.21. The van der Waals surface area contributed by atoms with Gasteiger partial charge in [-0.15, -0.1) is 0 Å². The summed E-state index contributed by atoms with van der Waals surface area (Å²) in [7, 11) is 0. The van der Waals surface area contributed by atoms with Crippen LogP contribution in [0.4, 0.5) is 0 Å². The molecule has 3 nitrogen and oxygen atoms in total. The molecule has 0 aliphatic carbocycles. The van der Waals surface area contributed by atoms with Gasteiger partial charge in [0, 0.05) is 6.07 Å². The predicted octanol–water partition coefficient (Wildman–Crippen LogP) is 3.11. The lowest BCUT2D eigenvalue weighted by molar-refractivity contribution is 0.300. The van der Waals surface area contributed by atoms with Gasteiger partial charge in [0.15, 0.2) is 0 Å². The molecule has 1 aromatic rings. The lowest BCUT2D eigenvalue weighted by Gasteiger charge is -2.13. The average Bonchev–Trinajstić information content (AvgIpc) is 2.43. The number of thioether (sulfide) groups is 1. The fraction of sp³-hybridized carbons (Fsp3) is 0.600. The number of benzene rings is 1. The number of nitrogens with two attached hydrogens (primary N) is 1. The first kappa shape index (κ1) is 16.2. The maximum atomic E-state index is 5.86. The third-order valence-electron chi connectivity index (χ3n) is 2.68. The fourth-order valence-corrected chi connectivity index (χ4v) is 2.13. The summed E-state index contributed by atoms with van der Waals surface area (Å²) in [6.45, 7) is 4.22. The summed E-state index contributed by atoms with van der Waals surface area (Å²) in [6, 6.07) is 6.04. The average molecular weight is 283 g/mol.